The Morgan fingerprint density at radius 3 is 2.00 bits per heavy atom. The van der Waals surface area contributed by atoms with Crippen LogP contribution in [0.3, 0.4) is 0 Å². The molecule has 3 aromatic carbocycles. The van der Waals surface area contributed by atoms with Gasteiger partial charge in [0.25, 0.3) is 5.91 Å². The summed E-state index contributed by atoms with van der Waals surface area (Å²) < 4.78 is 22.7. The van der Waals surface area contributed by atoms with Gasteiger partial charge in [0, 0.05) is 12.1 Å². The minimum Gasteiger partial charge on any atom is -0.391 e. The molecule has 0 spiro atoms. The number of nitrogens with zero attached hydrogens (tertiary/aromatic N) is 1. The van der Waals surface area contributed by atoms with Crippen LogP contribution >= 0.6 is 0 Å². The Bertz CT molecular complexity index is 1110. The number of carbonyl (C=O) groups is 1. The summed E-state index contributed by atoms with van der Waals surface area (Å²) in [7, 11) is -3.80. The highest BCUT2D eigenvalue weighted by atomic mass is 32.2. The first kappa shape index (κ1) is 21.2. The number of amides is 1. The first-order valence-electron chi connectivity index (χ1n) is 9.13. The molecular weight excluding hydrogens is 402 g/mol. The number of nitrogens with two attached hydrogens (primary N) is 1. The number of hydrogen-bond acceptors (Lipinski definition) is 5. The second-order valence-electron chi connectivity index (χ2n) is 6.48. The van der Waals surface area contributed by atoms with Gasteiger partial charge in [-0.3, -0.25) is 4.79 Å². The lowest BCUT2D eigenvalue weighted by Crippen LogP contribution is -2.25. The van der Waals surface area contributed by atoms with Gasteiger partial charge in [-0.1, -0.05) is 65.8 Å². The standard InChI is InChI=1S/C22H21N3O4S/c23-30(27,28)20-13-11-19(12-14-20)24-22(26)21(15-17-7-3-1-4-8-17)25-29-16-18-9-5-2-6-10-18/h1-14H,15-16H2,(H,24,26)(H2,23,27,28)/b25-21+. The maximum atomic E-state index is 12.8. The molecule has 0 saturated heterocycles. The molecule has 0 aliphatic carbocycles. The summed E-state index contributed by atoms with van der Waals surface area (Å²) in [6, 6.07) is 24.5. The van der Waals surface area contributed by atoms with Crippen molar-refractivity contribution >= 4 is 27.3 Å². The van der Waals surface area contributed by atoms with Crippen LogP contribution < -0.4 is 10.5 Å². The van der Waals surface area contributed by atoms with Gasteiger partial charge in [-0.2, -0.15) is 0 Å². The molecular formula is C22H21N3O4S. The molecule has 3 aromatic rings. The van der Waals surface area contributed by atoms with Crippen molar-refractivity contribution < 1.29 is 18.0 Å². The molecule has 0 fully saturated rings. The van der Waals surface area contributed by atoms with Gasteiger partial charge in [-0.05, 0) is 35.4 Å². The third-order valence-corrected chi connectivity index (χ3v) is 5.10. The van der Waals surface area contributed by atoms with Gasteiger partial charge in [0.2, 0.25) is 10.0 Å². The molecule has 0 aromatic heterocycles. The van der Waals surface area contributed by atoms with Crippen molar-refractivity contribution in [1.29, 1.82) is 0 Å². The Morgan fingerprint density at radius 2 is 1.43 bits per heavy atom. The highest BCUT2D eigenvalue weighted by molar-refractivity contribution is 7.89. The third-order valence-electron chi connectivity index (χ3n) is 4.17. The van der Waals surface area contributed by atoms with Crippen LogP contribution in [0.5, 0.6) is 0 Å². The molecule has 154 valence electrons. The van der Waals surface area contributed by atoms with E-state index in [1.54, 1.807) is 0 Å². The lowest BCUT2D eigenvalue weighted by atomic mass is 10.1. The minimum atomic E-state index is -3.80. The van der Waals surface area contributed by atoms with Crippen LogP contribution in [0.25, 0.3) is 0 Å². The Morgan fingerprint density at radius 1 is 0.867 bits per heavy atom. The van der Waals surface area contributed by atoms with E-state index >= 15 is 0 Å². The van der Waals surface area contributed by atoms with Gasteiger partial charge >= 0.3 is 0 Å². The summed E-state index contributed by atoms with van der Waals surface area (Å²) >= 11 is 0. The Balaban J connectivity index is 1.74. The van der Waals surface area contributed by atoms with E-state index in [0.29, 0.717) is 5.69 Å². The van der Waals surface area contributed by atoms with Gasteiger partial charge in [-0.25, -0.2) is 13.6 Å². The number of nitrogens with one attached hydrogen (secondary N) is 1. The van der Waals surface area contributed by atoms with Crippen LogP contribution in [-0.4, -0.2) is 20.0 Å². The van der Waals surface area contributed by atoms with E-state index in [1.807, 2.05) is 60.7 Å². The summed E-state index contributed by atoms with van der Waals surface area (Å²) in [6.07, 6.45) is 0.275. The van der Waals surface area contributed by atoms with Crippen LogP contribution in [0.4, 0.5) is 5.69 Å². The smallest absolute Gasteiger partial charge is 0.273 e. The average Bonchev–Trinajstić information content (AvgIpc) is 2.74. The summed E-state index contributed by atoms with van der Waals surface area (Å²) in [5, 5.41) is 11.9. The van der Waals surface area contributed by atoms with Crippen LogP contribution in [0, 0.1) is 0 Å². The predicted molar refractivity (Wildman–Crippen MR) is 115 cm³/mol. The number of primary sulfonamides is 1. The third kappa shape index (κ3) is 6.26. The zero-order chi connectivity index (χ0) is 21.4. The van der Waals surface area contributed by atoms with Crippen molar-refractivity contribution in [2.45, 2.75) is 17.9 Å². The number of oxime groups is 1. The average molecular weight is 423 g/mol. The predicted octanol–water partition coefficient (Wildman–Crippen LogP) is 3.09. The molecule has 0 radical (unpaired) electrons. The molecule has 0 aliphatic heterocycles. The maximum absolute atomic E-state index is 12.8. The van der Waals surface area contributed by atoms with Crippen LogP contribution in [0.1, 0.15) is 11.1 Å². The topological polar surface area (TPSA) is 111 Å². The largest absolute Gasteiger partial charge is 0.391 e. The Hall–Kier alpha value is -3.49. The number of sulfonamides is 1. The van der Waals surface area contributed by atoms with Gasteiger partial charge in [0.05, 0.1) is 4.90 Å². The molecule has 0 saturated carbocycles. The number of rotatable bonds is 8. The Kier molecular flexibility index (Phi) is 6.95. The second kappa shape index (κ2) is 9.82. The van der Waals surface area contributed by atoms with Crippen molar-refractivity contribution in [3.63, 3.8) is 0 Å². The number of carbonyl (C=O) groups excluding carboxylic acids is 1. The summed E-state index contributed by atoms with van der Waals surface area (Å²) in [5.41, 5.74) is 2.43. The molecule has 0 aliphatic rings. The maximum Gasteiger partial charge on any atom is 0.273 e. The first-order chi connectivity index (χ1) is 14.4. The fourth-order valence-electron chi connectivity index (χ4n) is 2.63. The van der Waals surface area contributed by atoms with Crippen molar-refractivity contribution in [1.82, 2.24) is 0 Å². The molecule has 7 nitrogen and oxygen atoms in total. The molecule has 0 heterocycles. The molecule has 0 atom stereocenters. The number of benzene rings is 3. The molecule has 30 heavy (non-hydrogen) atoms. The van der Waals surface area contributed by atoms with Crippen LogP contribution in [-0.2, 0) is 32.7 Å². The van der Waals surface area contributed by atoms with Crippen LogP contribution in [0.2, 0.25) is 0 Å². The zero-order valence-electron chi connectivity index (χ0n) is 16.1. The highest BCUT2D eigenvalue weighted by Gasteiger charge is 2.15. The monoisotopic (exact) mass is 423 g/mol. The molecule has 3 rings (SSSR count). The van der Waals surface area contributed by atoms with E-state index in [0.717, 1.165) is 11.1 Å². The lowest BCUT2D eigenvalue weighted by molar-refractivity contribution is -0.110. The van der Waals surface area contributed by atoms with Crippen molar-refractivity contribution in [3.8, 4) is 0 Å². The van der Waals surface area contributed by atoms with E-state index < -0.39 is 15.9 Å². The molecule has 0 unspecified atom stereocenters. The van der Waals surface area contributed by atoms with Gasteiger partial charge in [0.15, 0.2) is 0 Å². The number of anilines is 1. The SMILES string of the molecule is NS(=O)(=O)c1ccc(NC(=O)/C(Cc2ccccc2)=N/OCc2ccccc2)cc1. The van der Waals surface area contributed by atoms with Crippen molar-refractivity contribution in [2.24, 2.45) is 10.3 Å². The minimum absolute atomic E-state index is 0.0372. The lowest BCUT2D eigenvalue weighted by Gasteiger charge is -2.09. The normalized spacial score (nSPS) is 11.7. The molecule has 0 bridgehead atoms. The van der Waals surface area contributed by atoms with E-state index in [2.05, 4.69) is 10.5 Å². The van der Waals surface area contributed by atoms with E-state index in [1.165, 1.54) is 24.3 Å². The van der Waals surface area contributed by atoms with Gasteiger partial charge in [0.1, 0.15) is 12.3 Å². The fourth-order valence-corrected chi connectivity index (χ4v) is 3.15. The summed E-state index contributed by atoms with van der Waals surface area (Å²) in [4.78, 5) is 18.1. The summed E-state index contributed by atoms with van der Waals surface area (Å²) in [5.74, 6) is -0.449. The zero-order valence-corrected chi connectivity index (χ0v) is 16.9. The number of hydrogen-bond donors (Lipinski definition) is 2. The first-order valence-corrected chi connectivity index (χ1v) is 10.7. The quantitative estimate of drug-likeness (QED) is 0.428. The summed E-state index contributed by atoms with van der Waals surface area (Å²) in [6.45, 7) is 0.232. The van der Waals surface area contributed by atoms with E-state index in [4.69, 9.17) is 9.98 Å². The second-order valence-corrected chi connectivity index (χ2v) is 8.04. The van der Waals surface area contributed by atoms with Crippen molar-refractivity contribution in [2.75, 3.05) is 5.32 Å². The van der Waals surface area contributed by atoms with Gasteiger partial charge < -0.3 is 10.2 Å². The van der Waals surface area contributed by atoms with Crippen LogP contribution in [0.15, 0.2) is 95.0 Å². The molecule has 3 N–H and O–H groups in total. The molecule has 1 amide bonds. The molecule has 8 heteroatoms. The van der Waals surface area contributed by atoms with E-state index in [-0.39, 0.29) is 23.6 Å². The van der Waals surface area contributed by atoms with E-state index in [9.17, 15) is 13.2 Å². The fraction of sp³-hybridized carbons (Fsp3) is 0.0909. The van der Waals surface area contributed by atoms with Gasteiger partial charge in [-0.15, -0.1) is 0 Å². The Labute approximate surface area is 175 Å². The van der Waals surface area contributed by atoms with Crippen molar-refractivity contribution in [3.05, 3.63) is 96.1 Å². The highest BCUT2D eigenvalue weighted by Crippen LogP contribution is 2.13.